The van der Waals surface area contributed by atoms with Crippen molar-refractivity contribution in [2.75, 3.05) is 6.54 Å². The van der Waals surface area contributed by atoms with Gasteiger partial charge >= 0.3 is 0 Å². The molecule has 2 unspecified atom stereocenters. The first-order chi connectivity index (χ1) is 9.11. The Kier molecular flexibility index (Phi) is 5.28. The maximum absolute atomic E-state index is 4.47. The van der Waals surface area contributed by atoms with E-state index in [1.807, 2.05) is 24.0 Å². The first-order valence-corrected chi connectivity index (χ1v) is 8.30. The number of nitrogens with one attached hydrogen (secondary N) is 1. The summed E-state index contributed by atoms with van der Waals surface area (Å²) in [5, 5.41) is 5.54. The minimum absolute atomic E-state index is 0.469. The van der Waals surface area contributed by atoms with Gasteiger partial charge < -0.3 is 5.32 Å². The molecule has 106 valence electrons. The van der Waals surface area contributed by atoms with Gasteiger partial charge in [0.15, 0.2) is 0 Å². The Morgan fingerprint density at radius 2 is 2.26 bits per heavy atom. The summed E-state index contributed by atoms with van der Waals surface area (Å²) < 4.78 is 0. The Balaban J connectivity index is 2.02. The molecule has 1 aromatic heterocycles. The number of aromatic nitrogens is 1. The van der Waals surface area contributed by atoms with Crippen LogP contribution < -0.4 is 5.32 Å². The van der Waals surface area contributed by atoms with E-state index in [1.54, 1.807) is 0 Å². The van der Waals surface area contributed by atoms with Crippen molar-refractivity contribution < 1.29 is 0 Å². The maximum Gasteiger partial charge on any atom is 0.0963 e. The number of hydrogen-bond donors (Lipinski definition) is 1. The van der Waals surface area contributed by atoms with Crippen molar-refractivity contribution in [3.63, 3.8) is 0 Å². The highest BCUT2D eigenvalue weighted by atomic mass is 32.2. The fourth-order valence-electron chi connectivity index (χ4n) is 2.78. The van der Waals surface area contributed by atoms with Crippen molar-refractivity contribution in [2.24, 2.45) is 5.41 Å². The fourth-order valence-corrected chi connectivity index (χ4v) is 4.30. The van der Waals surface area contributed by atoms with Gasteiger partial charge in [0.2, 0.25) is 0 Å². The molecule has 1 aliphatic carbocycles. The van der Waals surface area contributed by atoms with E-state index < -0.39 is 0 Å². The van der Waals surface area contributed by atoms with Gasteiger partial charge in [-0.1, -0.05) is 26.8 Å². The van der Waals surface area contributed by atoms with Crippen molar-refractivity contribution >= 4 is 11.8 Å². The molecule has 0 amide bonds. The number of nitrogens with zero attached hydrogens (tertiary/aromatic N) is 1. The van der Waals surface area contributed by atoms with Crippen LogP contribution >= 0.6 is 11.8 Å². The zero-order valence-corrected chi connectivity index (χ0v) is 13.2. The van der Waals surface area contributed by atoms with E-state index in [0.29, 0.717) is 16.7 Å². The lowest BCUT2D eigenvalue weighted by molar-refractivity contribution is 0.214. The molecule has 1 aliphatic rings. The largest absolute Gasteiger partial charge is 0.313 e. The molecule has 2 atom stereocenters. The van der Waals surface area contributed by atoms with E-state index in [4.69, 9.17) is 0 Å². The predicted molar refractivity (Wildman–Crippen MR) is 83.6 cm³/mol. The smallest absolute Gasteiger partial charge is 0.0963 e. The second-order valence-electron chi connectivity index (χ2n) is 6.29. The molecular weight excluding hydrogens is 252 g/mol. The SMILES string of the molecule is CCCNC1CCC(C)(C)CC1Sc1ccccn1. The van der Waals surface area contributed by atoms with E-state index >= 15 is 0 Å². The summed E-state index contributed by atoms with van der Waals surface area (Å²) in [4.78, 5) is 4.47. The summed E-state index contributed by atoms with van der Waals surface area (Å²) in [6.45, 7) is 8.16. The molecule has 19 heavy (non-hydrogen) atoms. The second kappa shape index (κ2) is 6.76. The van der Waals surface area contributed by atoms with E-state index in [-0.39, 0.29) is 0 Å². The number of thioether (sulfide) groups is 1. The van der Waals surface area contributed by atoms with E-state index in [2.05, 4.69) is 43.2 Å². The second-order valence-corrected chi connectivity index (χ2v) is 7.55. The first-order valence-electron chi connectivity index (χ1n) is 7.42. The molecule has 1 fully saturated rings. The van der Waals surface area contributed by atoms with Crippen LogP contribution in [-0.2, 0) is 0 Å². The lowest BCUT2D eigenvalue weighted by Gasteiger charge is -2.40. The molecule has 2 rings (SSSR count). The minimum Gasteiger partial charge on any atom is -0.313 e. The van der Waals surface area contributed by atoms with Crippen LogP contribution in [0.4, 0.5) is 0 Å². The van der Waals surface area contributed by atoms with Gasteiger partial charge in [-0.3, -0.25) is 0 Å². The Labute approximate surface area is 121 Å². The van der Waals surface area contributed by atoms with Gasteiger partial charge in [0.25, 0.3) is 0 Å². The Morgan fingerprint density at radius 1 is 1.42 bits per heavy atom. The van der Waals surface area contributed by atoms with Crippen molar-refractivity contribution in [1.29, 1.82) is 0 Å². The molecule has 1 N–H and O–H groups in total. The molecule has 2 nitrogen and oxygen atoms in total. The van der Waals surface area contributed by atoms with Crippen LogP contribution in [0, 0.1) is 5.41 Å². The monoisotopic (exact) mass is 278 g/mol. The quantitative estimate of drug-likeness (QED) is 0.877. The molecule has 0 spiro atoms. The first kappa shape index (κ1) is 14.9. The number of hydrogen-bond acceptors (Lipinski definition) is 3. The van der Waals surface area contributed by atoms with Crippen molar-refractivity contribution in [3.05, 3.63) is 24.4 Å². The molecule has 0 radical (unpaired) electrons. The zero-order chi connectivity index (χ0) is 13.7. The molecule has 1 aromatic rings. The van der Waals surface area contributed by atoms with Crippen LogP contribution in [0.1, 0.15) is 46.5 Å². The summed E-state index contributed by atoms with van der Waals surface area (Å²) in [5.74, 6) is 0. The van der Waals surface area contributed by atoms with Crippen LogP contribution in [-0.4, -0.2) is 22.8 Å². The van der Waals surface area contributed by atoms with E-state index in [9.17, 15) is 0 Å². The van der Waals surface area contributed by atoms with Gasteiger partial charge in [-0.2, -0.15) is 0 Å². The van der Waals surface area contributed by atoms with Crippen molar-refractivity contribution in [2.45, 2.75) is 62.8 Å². The molecule has 0 aliphatic heterocycles. The predicted octanol–water partition coefficient (Wildman–Crippen LogP) is 4.12. The third-order valence-corrected chi connectivity index (χ3v) is 5.18. The van der Waals surface area contributed by atoms with Crippen LogP contribution in [0.3, 0.4) is 0 Å². The van der Waals surface area contributed by atoms with Crippen LogP contribution in [0.2, 0.25) is 0 Å². The lowest BCUT2D eigenvalue weighted by atomic mass is 9.75. The molecule has 0 saturated heterocycles. The highest BCUT2D eigenvalue weighted by molar-refractivity contribution is 7.99. The van der Waals surface area contributed by atoms with Gasteiger partial charge in [-0.15, -0.1) is 11.8 Å². The summed E-state index contributed by atoms with van der Waals surface area (Å²) in [5.41, 5.74) is 0.469. The summed E-state index contributed by atoms with van der Waals surface area (Å²) in [6, 6.07) is 6.84. The molecule has 0 aromatic carbocycles. The van der Waals surface area contributed by atoms with Crippen molar-refractivity contribution in [1.82, 2.24) is 10.3 Å². The standard InChI is InChI=1S/C16H26N2S/c1-4-10-17-13-8-9-16(2,3)12-14(13)19-15-7-5-6-11-18-15/h5-7,11,13-14,17H,4,8-10,12H2,1-3H3. The molecule has 1 heterocycles. The number of pyridine rings is 1. The van der Waals surface area contributed by atoms with Gasteiger partial charge in [0.05, 0.1) is 5.03 Å². The summed E-state index contributed by atoms with van der Waals surface area (Å²) >= 11 is 1.95. The Morgan fingerprint density at radius 3 is 2.95 bits per heavy atom. The van der Waals surface area contributed by atoms with Crippen molar-refractivity contribution in [3.8, 4) is 0 Å². The van der Waals surface area contributed by atoms with Gasteiger partial charge in [-0.05, 0) is 49.8 Å². The highest BCUT2D eigenvalue weighted by Crippen LogP contribution is 2.42. The number of rotatable bonds is 5. The summed E-state index contributed by atoms with van der Waals surface area (Å²) in [6.07, 6.45) is 6.99. The van der Waals surface area contributed by atoms with Crippen LogP contribution in [0.5, 0.6) is 0 Å². The highest BCUT2D eigenvalue weighted by Gasteiger charge is 2.35. The van der Waals surface area contributed by atoms with Crippen LogP contribution in [0.25, 0.3) is 0 Å². The average Bonchev–Trinajstić information content (AvgIpc) is 2.38. The van der Waals surface area contributed by atoms with E-state index in [1.165, 1.54) is 25.7 Å². The van der Waals surface area contributed by atoms with Gasteiger partial charge in [0, 0.05) is 17.5 Å². The maximum atomic E-state index is 4.47. The molecule has 3 heteroatoms. The molecular formula is C16H26N2S. The summed E-state index contributed by atoms with van der Waals surface area (Å²) in [7, 11) is 0. The fraction of sp³-hybridized carbons (Fsp3) is 0.688. The van der Waals surface area contributed by atoms with E-state index in [0.717, 1.165) is 11.6 Å². The minimum atomic E-state index is 0.469. The third kappa shape index (κ3) is 4.50. The van der Waals surface area contributed by atoms with Crippen LogP contribution in [0.15, 0.2) is 29.4 Å². The third-order valence-electron chi connectivity index (χ3n) is 3.90. The lowest BCUT2D eigenvalue weighted by Crippen LogP contribution is -2.45. The normalized spacial score (nSPS) is 26.3. The topological polar surface area (TPSA) is 24.9 Å². The Hall–Kier alpha value is -0.540. The zero-order valence-electron chi connectivity index (χ0n) is 12.4. The van der Waals surface area contributed by atoms with Gasteiger partial charge in [-0.25, -0.2) is 4.98 Å². The Bertz CT molecular complexity index is 378. The van der Waals surface area contributed by atoms with Gasteiger partial charge in [0.1, 0.15) is 0 Å². The molecule has 0 bridgehead atoms. The molecule has 1 saturated carbocycles. The average molecular weight is 278 g/mol.